The first-order valence-electron chi connectivity index (χ1n) is 8.66. The molecule has 1 aromatic rings. The summed E-state index contributed by atoms with van der Waals surface area (Å²) in [6.07, 6.45) is 4.08. The number of hydrogen-bond donors (Lipinski definition) is 2. The molecular weight excluding hydrogens is 338 g/mol. The van der Waals surface area contributed by atoms with Gasteiger partial charge in [0.25, 0.3) is 0 Å². The summed E-state index contributed by atoms with van der Waals surface area (Å²) in [5, 5.41) is 12.1. The summed E-state index contributed by atoms with van der Waals surface area (Å²) in [6, 6.07) is 6.31. The fourth-order valence-electron chi connectivity index (χ4n) is 3.22. The molecule has 7 heteroatoms. The van der Waals surface area contributed by atoms with Gasteiger partial charge in [-0.3, -0.25) is 9.59 Å². The topological polar surface area (TPSA) is 102 Å². The number of aliphatic carboxylic acids is 1. The summed E-state index contributed by atoms with van der Waals surface area (Å²) < 4.78 is 10.6. The molecule has 0 unspecified atom stereocenters. The van der Waals surface area contributed by atoms with E-state index in [2.05, 4.69) is 5.32 Å². The highest BCUT2D eigenvalue weighted by molar-refractivity contribution is 5.97. The lowest BCUT2D eigenvalue weighted by Crippen LogP contribution is -2.39. The Labute approximate surface area is 151 Å². The highest BCUT2D eigenvalue weighted by atomic mass is 16.5. The lowest BCUT2D eigenvalue weighted by molar-refractivity contribution is -0.145. The van der Waals surface area contributed by atoms with Gasteiger partial charge >= 0.3 is 11.9 Å². The normalized spacial score (nSPS) is 25.9. The largest absolute Gasteiger partial charge is 0.481 e. The van der Waals surface area contributed by atoms with Crippen LogP contribution in [0.5, 0.6) is 0 Å². The van der Waals surface area contributed by atoms with Gasteiger partial charge in [-0.2, -0.15) is 0 Å². The second-order valence-corrected chi connectivity index (χ2v) is 6.40. The van der Waals surface area contributed by atoms with Crippen molar-refractivity contribution in [3.63, 3.8) is 0 Å². The summed E-state index contributed by atoms with van der Waals surface area (Å²) in [5.74, 6) is -3.53. The fraction of sp³-hybridized carbons (Fsp3) is 0.421. The molecule has 7 nitrogen and oxygen atoms in total. The zero-order valence-electron chi connectivity index (χ0n) is 14.4. The minimum absolute atomic E-state index is 0.377. The summed E-state index contributed by atoms with van der Waals surface area (Å²) in [4.78, 5) is 35.8. The van der Waals surface area contributed by atoms with Crippen LogP contribution < -0.4 is 5.32 Å². The van der Waals surface area contributed by atoms with Gasteiger partial charge < -0.3 is 19.9 Å². The van der Waals surface area contributed by atoms with Crippen LogP contribution in [0.4, 0.5) is 5.69 Å². The number of rotatable bonds is 7. The monoisotopic (exact) mass is 359 g/mol. The molecule has 0 aliphatic carbocycles. The van der Waals surface area contributed by atoms with Crippen molar-refractivity contribution in [3.8, 4) is 0 Å². The number of esters is 1. The number of carbonyl (C=O) groups excluding carboxylic acids is 2. The van der Waals surface area contributed by atoms with Gasteiger partial charge in [0.15, 0.2) is 0 Å². The Morgan fingerprint density at radius 1 is 1.12 bits per heavy atom. The van der Waals surface area contributed by atoms with Gasteiger partial charge in [0, 0.05) is 5.69 Å². The molecule has 0 spiro atoms. The molecule has 3 rings (SSSR count). The summed E-state index contributed by atoms with van der Waals surface area (Å²) >= 11 is 0. The molecule has 2 bridgehead atoms. The number of carboxylic acid groups (broad SMARTS) is 1. The predicted molar refractivity (Wildman–Crippen MR) is 92.7 cm³/mol. The average Bonchev–Trinajstić information content (AvgIpc) is 3.23. The maximum atomic E-state index is 12.5. The molecule has 2 aliphatic rings. The van der Waals surface area contributed by atoms with Crippen molar-refractivity contribution in [2.24, 2.45) is 11.8 Å². The first-order chi connectivity index (χ1) is 12.5. The maximum Gasteiger partial charge on any atom is 0.338 e. The average molecular weight is 359 g/mol. The molecule has 1 saturated heterocycles. The van der Waals surface area contributed by atoms with E-state index < -0.39 is 41.9 Å². The van der Waals surface area contributed by atoms with Gasteiger partial charge in [-0.1, -0.05) is 25.5 Å². The van der Waals surface area contributed by atoms with Crippen LogP contribution in [0.25, 0.3) is 0 Å². The second-order valence-electron chi connectivity index (χ2n) is 6.40. The third-order valence-corrected chi connectivity index (χ3v) is 4.61. The standard InChI is InChI=1S/C19H21NO6/c1-2-3-10-25-19(24)11-4-6-12(7-5-11)20-17(21)15-13-8-9-14(26-13)16(15)18(22)23/h4-9,13-16H,2-3,10H2,1H3,(H,20,21)(H,22,23)/t13-,14-,15+,16-/m0/s1. The first-order valence-corrected chi connectivity index (χ1v) is 8.66. The van der Waals surface area contributed by atoms with E-state index in [4.69, 9.17) is 9.47 Å². The summed E-state index contributed by atoms with van der Waals surface area (Å²) in [7, 11) is 0. The Morgan fingerprint density at radius 2 is 1.77 bits per heavy atom. The number of carbonyl (C=O) groups is 3. The molecule has 2 N–H and O–H groups in total. The Morgan fingerprint density at radius 3 is 2.38 bits per heavy atom. The molecule has 2 aliphatic heterocycles. The van der Waals surface area contributed by atoms with Crippen LogP contribution in [0, 0.1) is 11.8 Å². The number of nitrogens with one attached hydrogen (secondary N) is 1. The second kappa shape index (κ2) is 7.70. The number of fused-ring (bicyclic) bond motifs is 2. The van der Waals surface area contributed by atoms with Gasteiger partial charge in [0.05, 0.1) is 30.3 Å². The molecule has 2 heterocycles. The maximum absolute atomic E-state index is 12.5. The van der Waals surface area contributed by atoms with Gasteiger partial charge in [-0.15, -0.1) is 0 Å². The van der Waals surface area contributed by atoms with E-state index in [1.807, 2.05) is 6.92 Å². The number of amides is 1. The molecule has 0 saturated carbocycles. The van der Waals surface area contributed by atoms with Crippen molar-refractivity contribution >= 4 is 23.5 Å². The molecule has 1 fully saturated rings. The minimum atomic E-state index is -1.05. The van der Waals surface area contributed by atoms with Gasteiger partial charge in [0.2, 0.25) is 5.91 Å². The summed E-state index contributed by atoms with van der Waals surface area (Å²) in [6.45, 7) is 2.39. The van der Waals surface area contributed by atoms with Crippen molar-refractivity contribution in [1.82, 2.24) is 0 Å². The number of hydrogen-bond acceptors (Lipinski definition) is 5. The summed E-state index contributed by atoms with van der Waals surface area (Å²) in [5.41, 5.74) is 0.879. The third kappa shape index (κ3) is 3.62. The van der Waals surface area contributed by atoms with Crippen LogP contribution in [0.1, 0.15) is 30.1 Å². The quantitative estimate of drug-likeness (QED) is 0.440. The first kappa shape index (κ1) is 18.1. The van der Waals surface area contributed by atoms with Crippen molar-refractivity contribution in [2.45, 2.75) is 32.0 Å². The molecule has 1 amide bonds. The molecule has 4 atom stereocenters. The number of benzene rings is 1. The van der Waals surface area contributed by atoms with E-state index in [0.29, 0.717) is 17.9 Å². The Hall–Kier alpha value is -2.67. The van der Waals surface area contributed by atoms with Crippen LogP contribution >= 0.6 is 0 Å². The van der Waals surface area contributed by atoms with E-state index in [1.165, 1.54) is 0 Å². The zero-order valence-corrected chi connectivity index (χ0v) is 14.4. The minimum Gasteiger partial charge on any atom is -0.481 e. The number of unbranched alkanes of at least 4 members (excludes halogenated alkanes) is 1. The van der Waals surface area contributed by atoms with Crippen LogP contribution in [0.3, 0.4) is 0 Å². The molecule has 26 heavy (non-hydrogen) atoms. The SMILES string of the molecule is CCCCOC(=O)c1ccc(NC(=O)[C@H]2[C@@H](C(=O)O)[C@@H]3C=C[C@@H]2O3)cc1. The van der Waals surface area contributed by atoms with E-state index in [-0.39, 0.29) is 0 Å². The number of anilines is 1. The van der Waals surface area contributed by atoms with E-state index in [9.17, 15) is 19.5 Å². The third-order valence-electron chi connectivity index (χ3n) is 4.61. The van der Waals surface area contributed by atoms with Crippen LogP contribution in [-0.4, -0.2) is 41.8 Å². The Kier molecular flexibility index (Phi) is 5.37. The number of ether oxygens (including phenoxy) is 2. The smallest absolute Gasteiger partial charge is 0.338 e. The van der Waals surface area contributed by atoms with Crippen molar-refractivity contribution in [2.75, 3.05) is 11.9 Å². The molecule has 0 radical (unpaired) electrons. The zero-order chi connectivity index (χ0) is 18.7. The van der Waals surface area contributed by atoms with E-state index >= 15 is 0 Å². The van der Waals surface area contributed by atoms with Crippen LogP contribution in [0.2, 0.25) is 0 Å². The number of carboxylic acids is 1. The van der Waals surface area contributed by atoms with Crippen LogP contribution in [0.15, 0.2) is 36.4 Å². The molecule has 0 aromatic heterocycles. The van der Waals surface area contributed by atoms with Gasteiger partial charge in [-0.05, 0) is 30.7 Å². The van der Waals surface area contributed by atoms with E-state index in [1.54, 1.807) is 36.4 Å². The van der Waals surface area contributed by atoms with Crippen molar-refractivity contribution < 1.29 is 29.0 Å². The lowest BCUT2D eigenvalue weighted by Gasteiger charge is -2.21. The molecular formula is C19H21NO6. The molecule has 1 aromatic carbocycles. The van der Waals surface area contributed by atoms with E-state index in [0.717, 1.165) is 12.8 Å². The van der Waals surface area contributed by atoms with Crippen molar-refractivity contribution in [3.05, 3.63) is 42.0 Å². The highest BCUT2D eigenvalue weighted by Gasteiger charge is 2.53. The molecule has 138 valence electrons. The Balaban J connectivity index is 1.62. The van der Waals surface area contributed by atoms with Gasteiger partial charge in [-0.25, -0.2) is 4.79 Å². The lowest BCUT2D eigenvalue weighted by atomic mass is 9.82. The van der Waals surface area contributed by atoms with Crippen molar-refractivity contribution in [1.29, 1.82) is 0 Å². The Bertz CT molecular complexity index is 726. The van der Waals surface area contributed by atoms with Crippen LogP contribution in [-0.2, 0) is 19.1 Å². The van der Waals surface area contributed by atoms with Gasteiger partial charge in [0.1, 0.15) is 5.92 Å². The predicted octanol–water partition coefficient (Wildman–Crippen LogP) is 2.24. The highest BCUT2D eigenvalue weighted by Crippen LogP contribution is 2.39. The fourth-order valence-corrected chi connectivity index (χ4v) is 3.22.